The van der Waals surface area contributed by atoms with Gasteiger partial charge in [-0.15, -0.1) is 0 Å². The predicted octanol–water partition coefficient (Wildman–Crippen LogP) is 1.76. The van der Waals surface area contributed by atoms with E-state index in [1.807, 2.05) is 30.3 Å². The molecular formula is C15H21N2O+. The molecule has 3 nitrogen and oxygen atoms in total. The van der Waals surface area contributed by atoms with E-state index in [9.17, 15) is 5.11 Å². The average Bonchev–Trinajstić information content (AvgIpc) is 2.60. The number of hydrogen-bond acceptors (Lipinski definition) is 2. The topological polar surface area (TPSA) is 26.5 Å². The molecular weight excluding hydrogens is 224 g/mol. The van der Waals surface area contributed by atoms with Gasteiger partial charge in [-0.2, -0.15) is 0 Å². The molecule has 18 heavy (non-hydrogen) atoms. The molecule has 0 radical (unpaired) electrons. The van der Waals surface area contributed by atoms with Crippen LogP contribution in [0.4, 0.5) is 0 Å². The van der Waals surface area contributed by atoms with Crippen LogP contribution in [-0.2, 0) is 5.72 Å². The molecule has 0 spiro atoms. The van der Waals surface area contributed by atoms with E-state index in [0.717, 1.165) is 18.5 Å². The fraction of sp³-hybridized carbons (Fsp3) is 0.533. The Kier molecular flexibility index (Phi) is 2.86. The summed E-state index contributed by atoms with van der Waals surface area (Å²) in [7, 11) is 2.09. The summed E-state index contributed by atoms with van der Waals surface area (Å²) in [6.07, 6.45) is 4.76. The molecule has 1 atom stereocenters. The third kappa shape index (κ3) is 1.74. The van der Waals surface area contributed by atoms with Gasteiger partial charge < -0.3 is 5.11 Å². The minimum Gasteiger partial charge on any atom is -0.346 e. The van der Waals surface area contributed by atoms with E-state index in [-0.39, 0.29) is 0 Å². The second-order valence-corrected chi connectivity index (χ2v) is 5.42. The zero-order valence-corrected chi connectivity index (χ0v) is 11.0. The molecule has 1 N–H and O–H groups in total. The van der Waals surface area contributed by atoms with Crippen LogP contribution >= 0.6 is 0 Å². The van der Waals surface area contributed by atoms with Gasteiger partial charge in [-0.05, 0) is 19.3 Å². The first kappa shape index (κ1) is 11.7. The Balaban J connectivity index is 2.00. The summed E-state index contributed by atoms with van der Waals surface area (Å²) in [4.78, 5) is 2.22. The average molecular weight is 245 g/mol. The van der Waals surface area contributed by atoms with Crippen molar-refractivity contribution in [1.29, 1.82) is 0 Å². The highest BCUT2D eigenvalue weighted by atomic mass is 16.3. The van der Waals surface area contributed by atoms with E-state index in [1.54, 1.807) is 0 Å². The summed E-state index contributed by atoms with van der Waals surface area (Å²) in [6, 6.07) is 10.1. The zero-order valence-electron chi connectivity index (χ0n) is 11.0. The van der Waals surface area contributed by atoms with Crippen molar-refractivity contribution in [3.05, 3.63) is 35.9 Å². The van der Waals surface area contributed by atoms with Crippen LogP contribution in [0.25, 0.3) is 0 Å². The number of amidine groups is 1. The quantitative estimate of drug-likeness (QED) is 0.763. The highest BCUT2D eigenvalue weighted by Gasteiger charge is 2.51. The summed E-state index contributed by atoms with van der Waals surface area (Å²) in [5, 5.41) is 11.1. The van der Waals surface area contributed by atoms with E-state index in [2.05, 4.69) is 16.5 Å². The van der Waals surface area contributed by atoms with E-state index >= 15 is 0 Å². The van der Waals surface area contributed by atoms with E-state index in [1.165, 1.54) is 25.1 Å². The van der Waals surface area contributed by atoms with Gasteiger partial charge in [0, 0.05) is 12.0 Å². The number of hydrogen-bond donors (Lipinski definition) is 1. The Hall–Kier alpha value is -1.35. The van der Waals surface area contributed by atoms with Crippen molar-refractivity contribution >= 4 is 5.84 Å². The smallest absolute Gasteiger partial charge is 0.270 e. The fourth-order valence-electron chi connectivity index (χ4n) is 3.25. The Morgan fingerprint density at radius 2 is 1.94 bits per heavy atom. The number of aliphatic hydroxyl groups is 1. The van der Waals surface area contributed by atoms with Gasteiger partial charge in [0.25, 0.3) is 5.72 Å². The van der Waals surface area contributed by atoms with Crippen LogP contribution in [0.3, 0.4) is 0 Å². The summed E-state index contributed by atoms with van der Waals surface area (Å²) >= 11 is 0. The van der Waals surface area contributed by atoms with E-state index < -0.39 is 5.72 Å². The van der Waals surface area contributed by atoms with Crippen molar-refractivity contribution in [2.24, 2.45) is 0 Å². The molecule has 0 unspecified atom stereocenters. The molecule has 96 valence electrons. The molecule has 3 rings (SSSR count). The van der Waals surface area contributed by atoms with Crippen molar-refractivity contribution in [2.45, 2.75) is 31.4 Å². The number of fused-ring (bicyclic) bond motifs is 1. The first-order valence-corrected chi connectivity index (χ1v) is 6.84. The molecule has 0 bridgehead atoms. The molecule has 0 amide bonds. The van der Waals surface area contributed by atoms with Gasteiger partial charge in [-0.1, -0.05) is 30.3 Å². The predicted molar refractivity (Wildman–Crippen MR) is 71.6 cm³/mol. The van der Waals surface area contributed by atoms with Crippen molar-refractivity contribution in [3.63, 3.8) is 0 Å². The molecule has 1 aromatic carbocycles. The minimum atomic E-state index is -0.838. The van der Waals surface area contributed by atoms with Gasteiger partial charge in [0.1, 0.15) is 0 Å². The summed E-state index contributed by atoms with van der Waals surface area (Å²) in [5.74, 6) is 1.30. The normalized spacial score (nSPS) is 28.2. The molecule has 1 fully saturated rings. The third-order valence-corrected chi connectivity index (χ3v) is 4.17. The van der Waals surface area contributed by atoms with Crippen LogP contribution in [-0.4, -0.2) is 40.6 Å². The molecule has 2 aliphatic heterocycles. The first-order chi connectivity index (χ1) is 8.72. The van der Waals surface area contributed by atoms with Crippen LogP contribution in [0.5, 0.6) is 0 Å². The van der Waals surface area contributed by atoms with Crippen LogP contribution in [0.15, 0.2) is 30.3 Å². The molecule has 2 heterocycles. The number of rotatable bonds is 1. The van der Waals surface area contributed by atoms with Gasteiger partial charge >= 0.3 is 0 Å². The molecule has 2 aliphatic rings. The Morgan fingerprint density at radius 1 is 1.17 bits per heavy atom. The fourth-order valence-corrected chi connectivity index (χ4v) is 3.25. The maximum absolute atomic E-state index is 11.1. The number of likely N-dealkylation sites (N-methyl/N-ethyl adjacent to an activating group) is 1. The molecule has 0 aliphatic carbocycles. The molecule has 1 saturated heterocycles. The Bertz CT molecular complexity index is 469. The lowest BCUT2D eigenvalue weighted by Crippen LogP contribution is -2.46. The second-order valence-electron chi connectivity index (χ2n) is 5.42. The van der Waals surface area contributed by atoms with Crippen LogP contribution in [0.1, 0.15) is 31.2 Å². The second kappa shape index (κ2) is 4.39. The Labute approximate surface area is 108 Å². The van der Waals surface area contributed by atoms with Crippen LogP contribution < -0.4 is 0 Å². The standard InChI is InChI=1S/C15H21N2O/c1-16-12-15(18,13-8-4-2-5-9-13)17-11-7-3-6-10-14(16)17/h2,4-5,8-9,18H,3,6-7,10-12H2,1H3/q+1/t15-/m0/s1. The van der Waals surface area contributed by atoms with Gasteiger partial charge in [0.05, 0.1) is 13.6 Å². The highest BCUT2D eigenvalue weighted by Crippen LogP contribution is 2.33. The lowest BCUT2D eigenvalue weighted by atomic mass is 10.0. The number of β-amino-alcohol motifs (C(OH)–C–C–N with tert-alkyl or cyclic N) is 1. The lowest BCUT2D eigenvalue weighted by molar-refractivity contribution is -0.505. The summed E-state index contributed by atoms with van der Waals surface area (Å²) in [6.45, 7) is 1.64. The largest absolute Gasteiger partial charge is 0.346 e. The number of nitrogens with zero attached hydrogens (tertiary/aromatic N) is 2. The van der Waals surface area contributed by atoms with Crippen molar-refractivity contribution in [2.75, 3.05) is 20.1 Å². The summed E-state index contributed by atoms with van der Waals surface area (Å²) in [5.41, 5.74) is 0.170. The van der Waals surface area contributed by atoms with Crippen molar-refractivity contribution < 1.29 is 9.68 Å². The van der Waals surface area contributed by atoms with Gasteiger partial charge in [0.2, 0.25) is 5.84 Å². The molecule has 0 saturated carbocycles. The van der Waals surface area contributed by atoms with Gasteiger partial charge in [-0.25, -0.2) is 4.90 Å². The Morgan fingerprint density at radius 3 is 2.72 bits per heavy atom. The van der Waals surface area contributed by atoms with E-state index in [4.69, 9.17) is 0 Å². The van der Waals surface area contributed by atoms with Crippen LogP contribution in [0.2, 0.25) is 0 Å². The summed E-state index contributed by atoms with van der Waals surface area (Å²) < 4.78 is 2.22. The van der Waals surface area contributed by atoms with Gasteiger partial charge in [0.15, 0.2) is 6.54 Å². The minimum absolute atomic E-state index is 0.673. The first-order valence-electron chi connectivity index (χ1n) is 6.84. The molecule has 1 aromatic rings. The maximum Gasteiger partial charge on any atom is 0.270 e. The molecule has 3 heteroatoms. The van der Waals surface area contributed by atoms with E-state index in [0.29, 0.717) is 6.54 Å². The SMILES string of the molecule is C[N+]1=C2CCCCCN2[C@@](O)(c2ccccc2)C1. The third-order valence-electron chi connectivity index (χ3n) is 4.17. The lowest BCUT2D eigenvalue weighted by Gasteiger charge is -2.28. The monoisotopic (exact) mass is 245 g/mol. The highest BCUT2D eigenvalue weighted by molar-refractivity contribution is 5.79. The zero-order chi connectivity index (χ0) is 12.6. The van der Waals surface area contributed by atoms with Crippen LogP contribution in [0, 0.1) is 0 Å². The molecule has 0 aromatic heterocycles. The number of benzene rings is 1. The van der Waals surface area contributed by atoms with Crippen molar-refractivity contribution in [3.8, 4) is 0 Å². The van der Waals surface area contributed by atoms with Crippen molar-refractivity contribution in [1.82, 2.24) is 4.90 Å². The van der Waals surface area contributed by atoms with Gasteiger partial charge in [-0.3, -0.25) is 4.58 Å². The maximum atomic E-state index is 11.1.